The van der Waals surface area contributed by atoms with E-state index in [1.807, 2.05) is 31.4 Å². The molecular weight excluding hydrogens is 408 g/mol. The largest absolute Gasteiger partial charge is 0.339 e. The van der Waals surface area contributed by atoms with Gasteiger partial charge < -0.3 is 15.1 Å². The smallest absolute Gasteiger partial charge is 0.253 e. The van der Waals surface area contributed by atoms with Gasteiger partial charge in [-0.25, -0.2) is 0 Å². The quantitative estimate of drug-likeness (QED) is 0.628. The molecule has 1 aromatic carbocycles. The zero-order chi connectivity index (χ0) is 21.7. The standard InChI is InChI=1S/C25H37ClN4O/c1-27-13-2-4-20-7-9-25(10-8-20)11-16-29(17-12-25)24(31)21-5-6-22(26)23(18-21)30-15-3-14-28-19-30/h3,5-6,15,18,20,27-28H,2,4,7-14,16-17,19H2,1H3. The monoisotopic (exact) mass is 444 g/mol. The van der Waals surface area contributed by atoms with E-state index in [2.05, 4.69) is 26.5 Å². The molecule has 1 aromatic rings. The van der Waals surface area contributed by atoms with E-state index >= 15 is 0 Å². The molecule has 2 aliphatic heterocycles. The Morgan fingerprint density at radius 3 is 2.68 bits per heavy atom. The Morgan fingerprint density at radius 1 is 1.23 bits per heavy atom. The van der Waals surface area contributed by atoms with Crippen molar-refractivity contribution in [2.75, 3.05) is 44.8 Å². The average Bonchev–Trinajstić information content (AvgIpc) is 2.82. The maximum absolute atomic E-state index is 13.2. The van der Waals surface area contributed by atoms with Gasteiger partial charge in [-0.3, -0.25) is 10.1 Å². The van der Waals surface area contributed by atoms with Crippen molar-refractivity contribution in [2.45, 2.75) is 51.4 Å². The van der Waals surface area contributed by atoms with Gasteiger partial charge in [0.05, 0.1) is 17.4 Å². The fourth-order valence-electron chi connectivity index (χ4n) is 5.55. The number of amides is 1. The highest BCUT2D eigenvalue weighted by Gasteiger charge is 2.39. The second kappa shape index (κ2) is 10.4. The van der Waals surface area contributed by atoms with Crippen molar-refractivity contribution in [3.05, 3.63) is 41.1 Å². The minimum Gasteiger partial charge on any atom is -0.339 e. The molecule has 2 heterocycles. The van der Waals surface area contributed by atoms with Crippen molar-refractivity contribution in [3.8, 4) is 0 Å². The molecular formula is C25H37ClN4O. The molecule has 0 atom stereocenters. The zero-order valence-electron chi connectivity index (χ0n) is 18.8. The molecule has 3 aliphatic rings. The molecule has 0 unspecified atom stereocenters. The molecule has 1 aliphatic carbocycles. The van der Waals surface area contributed by atoms with Crippen molar-refractivity contribution in [1.82, 2.24) is 15.5 Å². The number of piperidine rings is 1. The Morgan fingerprint density at radius 2 is 2.00 bits per heavy atom. The number of hydrogen-bond donors (Lipinski definition) is 2. The van der Waals surface area contributed by atoms with E-state index in [0.29, 0.717) is 17.1 Å². The summed E-state index contributed by atoms with van der Waals surface area (Å²) in [6.07, 6.45) is 14.5. The van der Waals surface area contributed by atoms with Crippen LogP contribution < -0.4 is 15.5 Å². The van der Waals surface area contributed by atoms with Crippen LogP contribution in [0.4, 0.5) is 5.69 Å². The van der Waals surface area contributed by atoms with Crippen LogP contribution in [0.25, 0.3) is 0 Å². The molecule has 0 bridgehead atoms. The maximum Gasteiger partial charge on any atom is 0.253 e. The van der Waals surface area contributed by atoms with Crippen LogP contribution in [0, 0.1) is 11.3 Å². The SMILES string of the molecule is CNCCCC1CCC2(CC1)CCN(C(=O)c1ccc(Cl)c(N3C=CCNC3)c1)CC2. The molecule has 4 rings (SSSR count). The Balaban J connectivity index is 1.33. The molecule has 1 saturated heterocycles. The zero-order valence-corrected chi connectivity index (χ0v) is 19.6. The number of nitrogens with one attached hydrogen (secondary N) is 2. The third kappa shape index (κ3) is 5.44. The minimum atomic E-state index is 0.141. The number of halogens is 1. The molecule has 2 N–H and O–H groups in total. The molecule has 0 radical (unpaired) electrons. The first-order valence-electron chi connectivity index (χ1n) is 12.0. The van der Waals surface area contributed by atoms with Gasteiger partial charge in [0.15, 0.2) is 0 Å². The van der Waals surface area contributed by atoms with Gasteiger partial charge in [0.2, 0.25) is 0 Å². The fourth-order valence-corrected chi connectivity index (χ4v) is 5.77. The molecule has 1 saturated carbocycles. The number of anilines is 1. The highest BCUT2D eigenvalue weighted by molar-refractivity contribution is 6.33. The number of hydrogen-bond acceptors (Lipinski definition) is 4. The second-order valence-corrected chi connectivity index (χ2v) is 10.0. The van der Waals surface area contributed by atoms with Crippen LogP contribution in [0.1, 0.15) is 61.7 Å². The molecule has 1 spiro atoms. The number of likely N-dealkylation sites (tertiary alicyclic amines) is 1. The highest BCUT2D eigenvalue weighted by Crippen LogP contribution is 2.47. The summed E-state index contributed by atoms with van der Waals surface area (Å²) >= 11 is 6.44. The number of nitrogens with zero attached hydrogens (tertiary/aromatic N) is 2. The second-order valence-electron chi connectivity index (χ2n) is 9.61. The Bertz CT molecular complexity index is 778. The van der Waals surface area contributed by atoms with Gasteiger partial charge in [0, 0.05) is 31.4 Å². The van der Waals surface area contributed by atoms with E-state index in [9.17, 15) is 4.79 Å². The van der Waals surface area contributed by atoms with Gasteiger partial charge in [-0.15, -0.1) is 0 Å². The highest BCUT2D eigenvalue weighted by atomic mass is 35.5. The predicted octanol–water partition coefficient (Wildman–Crippen LogP) is 4.63. The van der Waals surface area contributed by atoms with E-state index in [4.69, 9.17) is 11.6 Å². The van der Waals surface area contributed by atoms with E-state index in [1.165, 1.54) is 38.5 Å². The molecule has 31 heavy (non-hydrogen) atoms. The van der Waals surface area contributed by atoms with E-state index in [-0.39, 0.29) is 5.91 Å². The van der Waals surface area contributed by atoms with Gasteiger partial charge >= 0.3 is 0 Å². The summed E-state index contributed by atoms with van der Waals surface area (Å²) < 4.78 is 0. The van der Waals surface area contributed by atoms with Crippen LogP contribution in [-0.4, -0.2) is 50.7 Å². The third-order valence-electron chi connectivity index (χ3n) is 7.65. The topological polar surface area (TPSA) is 47.6 Å². The lowest BCUT2D eigenvalue weighted by atomic mass is 9.65. The number of carbonyl (C=O) groups is 1. The fraction of sp³-hybridized carbons (Fsp3) is 0.640. The van der Waals surface area contributed by atoms with Crippen molar-refractivity contribution < 1.29 is 4.79 Å². The predicted molar refractivity (Wildman–Crippen MR) is 129 cm³/mol. The summed E-state index contributed by atoms with van der Waals surface area (Å²) in [4.78, 5) is 17.4. The van der Waals surface area contributed by atoms with Gasteiger partial charge in [-0.05, 0) is 94.5 Å². The first-order valence-corrected chi connectivity index (χ1v) is 12.4. The van der Waals surface area contributed by atoms with Crippen LogP contribution in [0.5, 0.6) is 0 Å². The van der Waals surface area contributed by atoms with Crippen molar-refractivity contribution in [1.29, 1.82) is 0 Å². The summed E-state index contributed by atoms with van der Waals surface area (Å²) in [7, 11) is 2.04. The third-order valence-corrected chi connectivity index (χ3v) is 7.97. The Labute approximate surface area is 192 Å². The lowest BCUT2D eigenvalue weighted by Gasteiger charge is -2.46. The van der Waals surface area contributed by atoms with Crippen molar-refractivity contribution >= 4 is 23.2 Å². The molecule has 6 heteroatoms. The van der Waals surface area contributed by atoms with Gasteiger partial charge in [-0.2, -0.15) is 0 Å². The Hall–Kier alpha value is -1.56. The van der Waals surface area contributed by atoms with Gasteiger partial charge in [-0.1, -0.05) is 17.7 Å². The number of rotatable bonds is 6. The average molecular weight is 445 g/mol. The van der Waals surface area contributed by atoms with Gasteiger partial charge in [0.25, 0.3) is 5.91 Å². The van der Waals surface area contributed by atoms with Gasteiger partial charge in [0.1, 0.15) is 0 Å². The normalized spacial score (nSPS) is 21.6. The Kier molecular flexibility index (Phi) is 7.57. The molecule has 1 amide bonds. The lowest BCUT2D eigenvalue weighted by molar-refractivity contribution is 0.0393. The maximum atomic E-state index is 13.2. The summed E-state index contributed by atoms with van der Waals surface area (Å²) in [5.74, 6) is 1.05. The van der Waals surface area contributed by atoms with E-state index in [0.717, 1.165) is 56.2 Å². The summed E-state index contributed by atoms with van der Waals surface area (Å²) in [6.45, 7) is 4.46. The first-order chi connectivity index (χ1) is 15.1. The van der Waals surface area contributed by atoms with Crippen molar-refractivity contribution in [3.63, 3.8) is 0 Å². The summed E-state index contributed by atoms with van der Waals surface area (Å²) in [5.41, 5.74) is 2.11. The van der Waals surface area contributed by atoms with Crippen LogP contribution in [-0.2, 0) is 0 Å². The summed E-state index contributed by atoms with van der Waals surface area (Å²) in [6, 6.07) is 5.67. The number of carbonyl (C=O) groups excluding carboxylic acids is 1. The van der Waals surface area contributed by atoms with Crippen LogP contribution in [0.2, 0.25) is 5.02 Å². The molecule has 5 nitrogen and oxygen atoms in total. The molecule has 2 fully saturated rings. The van der Waals surface area contributed by atoms with E-state index in [1.54, 1.807) is 0 Å². The summed E-state index contributed by atoms with van der Waals surface area (Å²) in [5, 5.41) is 7.24. The van der Waals surface area contributed by atoms with Crippen molar-refractivity contribution in [2.24, 2.45) is 11.3 Å². The first kappa shape index (κ1) is 22.6. The minimum absolute atomic E-state index is 0.141. The molecule has 170 valence electrons. The molecule has 0 aromatic heterocycles. The van der Waals surface area contributed by atoms with Crippen LogP contribution in [0.15, 0.2) is 30.5 Å². The van der Waals surface area contributed by atoms with Crippen LogP contribution >= 0.6 is 11.6 Å². The number of benzene rings is 1. The lowest BCUT2D eigenvalue weighted by Crippen LogP contribution is -2.44. The van der Waals surface area contributed by atoms with E-state index < -0.39 is 0 Å². The van der Waals surface area contributed by atoms with Crippen LogP contribution in [0.3, 0.4) is 0 Å².